The molecule has 3 aromatic carbocycles. The number of rotatable bonds is 3. The molecule has 3 atom stereocenters. The zero-order valence-corrected chi connectivity index (χ0v) is 19.8. The molecule has 1 heterocycles. The Balaban J connectivity index is 1.57. The van der Waals surface area contributed by atoms with Gasteiger partial charge in [-0.3, -0.25) is 4.79 Å². The van der Waals surface area contributed by atoms with Crippen molar-refractivity contribution in [3.8, 4) is 11.1 Å². The first-order valence-electron chi connectivity index (χ1n) is 12.2. The minimum Gasteiger partial charge on any atom is -0.364 e. The number of carbonyl (C=O) groups excluding carboxylic acids is 1. The molecule has 0 bridgehead atoms. The molecule has 0 saturated carbocycles. The number of hydrogen-bond donors (Lipinski definition) is 1. The molecule has 1 aliphatic heterocycles. The molecular formula is C32H25F2NO. The van der Waals surface area contributed by atoms with Crippen molar-refractivity contribution in [3.05, 3.63) is 130 Å². The molecule has 3 aromatic rings. The second kappa shape index (κ2) is 8.87. The monoisotopic (exact) mass is 477 g/mol. The fraction of sp³-hybridized carbons (Fsp3) is 0.156. The van der Waals surface area contributed by atoms with Crippen LogP contribution >= 0.6 is 0 Å². The number of allylic oxidation sites excluding steroid dienone is 5. The van der Waals surface area contributed by atoms with Crippen molar-refractivity contribution in [1.82, 2.24) is 5.32 Å². The lowest BCUT2D eigenvalue weighted by Gasteiger charge is -2.35. The first kappa shape index (κ1) is 22.4. The van der Waals surface area contributed by atoms with Gasteiger partial charge >= 0.3 is 0 Å². The number of halogens is 2. The Bertz CT molecular complexity index is 1590. The summed E-state index contributed by atoms with van der Waals surface area (Å²) >= 11 is 0. The number of benzene rings is 3. The van der Waals surface area contributed by atoms with Crippen molar-refractivity contribution in [2.75, 3.05) is 0 Å². The average Bonchev–Trinajstić information content (AvgIpc) is 3.17. The Morgan fingerprint density at radius 3 is 2.50 bits per heavy atom. The van der Waals surface area contributed by atoms with Crippen molar-refractivity contribution >= 4 is 17.9 Å². The second-order valence-electron chi connectivity index (χ2n) is 9.65. The number of carbonyl (C=O) groups is 1. The molecule has 2 nitrogen and oxygen atoms in total. The van der Waals surface area contributed by atoms with Gasteiger partial charge in [0.2, 0.25) is 0 Å². The first-order valence-corrected chi connectivity index (χ1v) is 12.2. The quantitative estimate of drug-likeness (QED) is 0.502. The average molecular weight is 478 g/mol. The van der Waals surface area contributed by atoms with E-state index in [1.807, 2.05) is 30.5 Å². The lowest BCUT2D eigenvalue weighted by atomic mass is 9.69. The Labute approximate surface area is 208 Å². The summed E-state index contributed by atoms with van der Waals surface area (Å²) in [6.07, 6.45) is 14.8. The van der Waals surface area contributed by atoms with Crippen molar-refractivity contribution in [2.45, 2.75) is 19.3 Å². The van der Waals surface area contributed by atoms with Gasteiger partial charge in [0.15, 0.2) is 5.78 Å². The van der Waals surface area contributed by atoms with Crippen LogP contribution in [0.5, 0.6) is 0 Å². The van der Waals surface area contributed by atoms with Crippen LogP contribution in [0.3, 0.4) is 0 Å². The predicted octanol–water partition coefficient (Wildman–Crippen LogP) is 5.54. The second-order valence-corrected chi connectivity index (χ2v) is 9.65. The summed E-state index contributed by atoms with van der Waals surface area (Å²) in [5.74, 6) is -1.07. The van der Waals surface area contributed by atoms with Crippen LogP contribution in [-0.2, 0) is 6.42 Å². The molecule has 0 aromatic heterocycles. The molecule has 2 aliphatic carbocycles. The summed E-state index contributed by atoms with van der Waals surface area (Å²) in [5.41, 5.74) is 5.73. The number of nitrogens with one attached hydrogen (secondary N) is 1. The number of hydrogen-bond acceptors (Lipinski definition) is 2. The molecule has 0 fully saturated rings. The molecule has 0 spiro atoms. The van der Waals surface area contributed by atoms with Crippen LogP contribution in [0.4, 0.5) is 8.78 Å². The lowest BCUT2D eigenvalue weighted by Crippen LogP contribution is -2.43. The van der Waals surface area contributed by atoms with E-state index in [9.17, 15) is 13.6 Å². The van der Waals surface area contributed by atoms with E-state index in [-0.39, 0.29) is 35.2 Å². The van der Waals surface area contributed by atoms with Crippen LogP contribution in [0.1, 0.15) is 34.3 Å². The summed E-state index contributed by atoms with van der Waals surface area (Å²) < 4.78 is 27.5. The molecule has 0 amide bonds. The largest absolute Gasteiger partial charge is 0.364 e. The molecule has 0 radical (unpaired) electrons. The highest BCUT2D eigenvalue weighted by atomic mass is 19.1. The van der Waals surface area contributed by atoms with Gasteiger partial charge in [0.1, 0.15) is 11.6 Å². The molecule has 3 aliphatic rings. The molecular weight excluding hydrogens is 452 g/mol. The van der Waals surface area contributed by atoms with Gasteiger partial charge in [-0.2, -0.15) is 0 Å². The van der Waals surface area contributed by atoms with Crippen molar-refractivity contribution < 1.29 is 13.6 Å². The van der Waals surface area contributed by atoms with Gasteiger partial charge in [0.25, 0.3) is 0 Å². The van der Waals surface area contributed by atoms with Gasteiger partial charge in [-0.05, 0) is 93.6 Å². The molecule has 0 saturated heterocycles. The Hall–Kier alpha value is -4.05. The standard InChI is InChI=1S/C32H25F2NO/c1-19-28(32(36)20-6-9-22(33)10-7-20)18-29-26-12-8-21-17-23(34)11-13-24(21)25(26)14-15-27(29)31(19)30-5-3-2-4-16-35-30/h2-7,9-19,28,31,35H,8H2,1H3. The molecule has 6 rings (SSSR count). The third-order valence-corrected chi connectivity index (χ3v) is 7.59. The minimum absolute atomic E-state index is 0.0191. The summed E-state index contributed by atoms with van der Waals surface area (Å²) in [5, 5.41) is 5.55. The smallest absolute Gasteiger partial charge is 0.170 e. The summed E-state index contributed by atoms with van der Waals surface area (Å²) in [6, 6.07) is 15.0. The van der Waals surface area contributed by atoms with E-state index < -0.39 is 0 Å². The van der Waals surface area contributed by atoms with Gasteiger partial charge in [0.05, 0.1) is 0 Å². The topological polar surface area (TPSA) is 29.1 Å². The van der Waals surface area contributed by atoms with Gasteiger partial charge < -0.3 is 5.32 Å². The summed E-state index contributed by atoms with van der Waals surface area (Å²) in [6.45, 7) is 2.11. The van der Waals surface area contributed by atoms with Crippen LogP contribution in [0.2, 0.25) is 0 Å². The normalized spacial score (nSPS) is 21.5. The lowest BCUT2D eigenvalue weighted by molar-refractivity contribution is 0.0915. The van der Waals surface area contributed by atoms with E-state index in [1.165, 1.54) is 18.2 Å². The summed E-state index contributed by atoms with van der Waals surface area (Å²) in [4.78, 5) is 13.8. The van der Waals surface area contributed by atoms with Gasteiger partial charge in [0, 0.05) is 29.3 Å². The maximum atomic E-state index is 13.9. The van der Waals surface area contributed by atoms with E-state index in [2.05, 4.69) is 42.6 Å². The van der Waals surface area contributed by atoms with Crippen LogP contribution in [0, 0.1) is 23.5 Å². The Morgan fingerprint density at radius 1 is 0.889 bits per heavy atom. The van der Waals surface area contributed by atoms with Crippen molar-refractivity contribution in [1.29, 1.82) is 0 Å². The van der Waals surface area contributed by atoms with E-state index in [4.69, 9.17) is 0 Å². The number of Topliss-reactive ketones (excluding diaryl/α,β-unsaturated/α-hetero) is 1. The first-order chi connectivity index (χ1) is 17.5. The molecule has 1 N–H and O–H groups in total. The van der Waals surface area contributed by atoms with Crippen LogP contribution in [0.15, 0.2) is 90.8 Å². The maximum absolute atomic E-state index is 13.9. The minimum atomic E-state index is -0.388. The number of ketones is 1. The van der Waals surface area contributed by atoms with Crippen molar-refractivity contribution in [3.63, 3.8) is 0 Å². The third kappa shape index (κ3) is 3.74. The van der Waals surface area contributed by atoms with E-state index in [1.54, 1.807) is 18.2 Å². The molecule has 4 heteroatoms. The van der Waals surface area contributed by atoms with Crippen LogP contribution < -0.4 is 15.8 Å². The summed E-state index contributed by atoms with van der Waals surface area (Å²) in [7, 11) is 0. The molecule has 178 valence electrons. The Kier molecular flexibility index (Phi) is 5.52. The van der Waals surface area contributed by atoms with Gasteiger partial charge in [-0.15, -0.1) is 0 Å². The zero-order chi connectivity index (χ0) is 24.8. The van der Waals surface area contributed by atoms with Gasteiger partial charge in [-0.25, -0.2) is 8.78 Å². The SMILES string of the molecule is CC1C(C(=O)c2ccc(F)cc2)C=c2c(ccc3c2=CCc2cc(F)ccc2-3)C1C1=CC=CC=CN1. The predicted molar refractivity (Wildman–Crippen MR) is 139 cm³/mol. The number of fused-ring (bicyclic) bond motifs is 5. The highest BCUT2D eigenvalue weighted by Gasteiger charge is 2.37. The third-order valence-electron chi connectivity index (χ3n) is 7.59. The van der Waals surface area contributed by atoms with Crippen LogP contribution in [0.25, 0.3) is 23.3 Å². The highest BCUT2D eigenvalue weighted by molar-refractivity contribution is 6.01. The molecule has 3 unspecified atom stereocenters. The fourth-order valence-electron chi connectivity index (χ4n) is 5.83. The zero-order valence-electron chi connectivity index (χ0n) is 19.8. The van der Waals surface area contributed by atoms with Crippen LogP contribution in [-0.4, -0.2) is 5.78 Å². The molecule has 36 heavy (non-hydrogen) atoms. The van der Waals surface area contributed by atoms with E-state index in [0.717, 1.165) is 38.4 Å². The highest BCUT2D eigenvalue weighted by Crippen LogP contribution is 2.39. The maximum Gasteiger partial charge on any atom is 0.170 e. The Morgan fingerprint density at radius 2 is 1.67 bits per heavy atom. The van der Waals surface area contributed by atoms with E-state index in [0.29, 0.717) is 12.0 Å². The van der Waals surface area contributed by atoms with E-state index >= 15 is 0 Å². The van der Waals surface area contributed by atoms with Gasteiger partial charge in [-0.1, -0.05) is 49.4 Å². The fourth-order valence-corrected chi connectivity index (χ4v) is 5.83. The van der Waals surface area contributed by atoms with Crippen molar-refractivity contribution in [2.24, 2.45) is 11.8 Å².